The summed E-state index contributed by atoms with van der Waals surface area (Å²) in [4.78, 5) is -0.264. The van der Waals surface area contributed by atoms with Crippen molar-refractivity contribution in [3.8, 4) is 6.07 Å². The molecule has 0 bridgehead atoms. The third-order valence-corrected chi connectivity index (χ3v) is 5.47. The maximum Gasteiger partial charge on any atom is 0.244 e. The molecule has 1 heterocycles. The summed E-state index contributed by atoms with van der Waals surface area (Å²) in [7, 11) is -4.07. The minimum Gasteiger partial charge on any atom is -0.395 e. The van der Waals surface area contributed by atoms with E-state index >= 15 is 0 Å². The van der Waals surface area contributed by atoms with Gasteiger partial charge in [-0.15, -0.1) is 0 Å². The number of nitrogens with zero attached hydrogens (tertiary/aromatic N) is 2. The molecule has 0 unspecified atom stereocenters. The molecule has 0 aliphatic carbocycles. The molecule has 8 heteroatoms. The smallest absolute Gasteiger partial charge is 0.244 e. The standard InChI is InChI=1S/C12H12ClFN2O3S/c13-11-2-1-3-12(10(11)5-15)20(18,19)16-6-8(14)4-9(16)7-17/h1-3,8-9,17H,4,6-7H2/t8-,9-/m0/s1. The number of alkyl halides is 1. The summed E-state index contributed by atoms with van der Waals surface area (Å²) in [5.74, 6) is 0. The molecule has 1 aromatic carbocycles. The zero-order chi connectivity index (χ0) is 14.9. The molecular weight excluding hydrogens is 307 g/mol. The molecule has 1 fully saturated rings. The first-order chi connectivity index (χ1) is 9.41. The van der Waals surface area contributed by atoms with E-state index < -0.39 is 28.8 Å². The third-order valence-electron chi connectivity index (χ3n) is 3.20. The van der Waals surface area contributed by atoms with Crippen molar-refractivity contribution >= 4 is 21.6 Å². The number of aliphatic hydroxyl groups is 1. The van der Waals surface area contributed by atoms with E-state index in [1.54, 1.807) is 6.07 Å². The summed E-state index contributed by atoms with van der Waals surface area (Å²) < 4.78 is 39.3. The highest BCUT2D eigenvalue weighted by molar-refractivity contribution is 7.89. The van der Waals surface area contributed by atoms with Crippen LogP contribution >= 0.6 is 11.6 Å². The van der Waals surface area contributed by atoms with Crippen LogP contribution in [0.5, 0.6) is 0 Å². The fourth-order valence-corrected chi connectivity index (χ4v) is 4.34. The van der Waals surface area contributed by atoms with Crippen LogP contribution in [0.3, 0.4) is 0 Å². The Bertz CT molecular complexity index is 659. The van der Waals surface area contributed by atoms with Crippen LogP contribution in [0.15, 0.2) is 23.1 Å². The minimum absolute atomic E-state index is 0.0186. The summed E-state index contributed by atoms with van der Waals surface area (Å²) in [5, 5.41) is 18.2. The van der Waals surface area contributed by atoms with Crippen molar-refractivity contribution in [3.05, 3.63) is 28.8 Å². The number of sulfonamides is 1. The molecule has 0 radical (unpaired) electrons. The fourth-order valence-electron chi connectivity index (χ4n) is 2.25. The molecule has 5 nitrogen and oxygen atoms in total. The number of hydrogen-bond acceptors (Lipinski definition) is 4. The van der Waals surface area contributed by atoms with E-state index in [-0.39, 0.29) is 28.4 Å². The van der Waals surface area contributed by atoms with Gasteiger partial charge in [0.25, 0.3) is 0 Å². The van der Waals surface area contributed by atoms with Crippen LogP contribution in [0, 0.1) is 11.3 Å². The molecule has 1 aliphatic rings. The maximum absolute atomic E-state index is 13.4. The number of halogens is 2. The van der Waals surface area contributed by atoms with Crippen LogP contribution in [0.1, 0.15) is 12.0 Å². The molecule has 1 aliphatic heterocycles. The Morgan fingerprint density at radius 1 is 1.55 bits per heavy atom. The van der Waals surface area contributed by atoms with Gasteiger partial charge in [0.1, 0.15) is 17.1 Å². The van der Waals surface area contributed by atoms with E-state index in [1.165, 1.54) is 18.2 Å². The van der Waals surface area contributed by atoms with Gasteiger partial charge in [-0.05, 0) is 18.6 Å². The number of benzene rings is 1. The molecule has 0 saturated carbocycles. The van der Waals surface area contributed by atoms with Crippen LogP contribution in [0.2, 0.25) is 5.02 Å². The molecule has 2 rings (SSSR count). The molecule has 1 aromatic rings. The summed E-state index contributed by atoms with van der Waals surface area (Å²) in [6, 6.07) is 4.99. The Hall–Kier alpha value is -1.20. The highest BCUT2D eigenvalue weighted by Crippen LogP contribution is 2.31. The summed E-state index contributed by atoms with van der Waals surface area (Å²) >= 11 is 5.81. The van der Waals surface area contributed by atoms with Gasteiger partial charge >= 0.3 is 0 Å². The van der Waals surface area contributed by atoms with Crippen molar-refractivity contribution < 1.29 is 17.9 Å². The van der Waals surface area contributed by atoms with Crippen molar-refractivity contribution in [1.82, 2.24) is 4.31 Å². The lowest BCUT2D eigenvalue weighted by Crippen LogP contribution is -2.38. The first kappa shape index (κ1) is 15.2. The van der Waals surface area contributed by atoms with Gasteiger partial charge < -0.3 is 5.11 Å². The zero-order valence-corrected chi connectivity index (χ0v) is 11.9. The van der Waals surface area contributed by atoms with E-state index in [2.05, 4.69) is 0 Å². The van der Waals surface area contributed by atoms with Crippen LogP contribution in [0.25, 0.3) is 0 Å². The van der Waals surface area contributed by atoms with E-state index in [4.69, 9.17) is 16.9 Å². The number of nitriles is 1. The molecule has 0 aromatic heterocycles. The Kier molecular flexibility index (Phi) is 4.30. The van der Waals surface area contributed by atoms with E-state index in [0.717, 1.165) is 4.31 Å². The lowest BCUT2D eigenvalue weighted by atomic mass is 10.2. The van der Waals surface area contributed by atoms with E-state index in [0.29, 0.717) is 0 Å². The van der Waals surface area contributed by atoms with Gasteiger partial charge in [0.2, 0.25) is 10.0 Å². The molecule has 1 saturated heterocycles. The first-order valence-corrected chi connectivity index (χ1v) is 7.69. The molecule has 0 amide bonds. The van der Waals surface area contributed by atoms with Crippen molar-refractivity contribution in [2.75, 3.05) is 13.2 Å². The molecular formula is C12H12ClFN2O3S. The predicted molar refractivity (Wildman–Crippen MR) is 70.4 cm³/mol. The second kappa shape index (κ2) is 5.66. The predicted octanol–water partition coefficient (Wildman–Crippen LogP) is 1.31. The van der Waals surface area contributed by atoms with Gasteiger partial charge in [-0.25, -0.2) is 12.8 Å². The lowest BCUT2D eigenvalue weighted by Gasteiger charge is -2.22. The highest BCUT2D eigenvalue weighted by Gasteiger charge is 2.41. The molecule has 1 N–H and O–H groups in total. The average Bonchev–Trinajstić information content (AvgIpc) is 2.80. The second-order valence-corrected chi connectivity index (χ2v) is 6.74. The summed E-state index contributed by atoms with van der Waals surface area (Å²) in [6.45, 7) is -0.799. The normalized spacial score (nSPS) is 23.7. The second-order valence-electron chi connectivity index (χ2n) is 4.47. The maximum atomic E-state index is 13.4. The molecule has 108 valence electrons. The average molecular weight is 319 g/mol. The zero-order valence-electron chi connectivity index (χ0n) is 10.3. The number of aliphatic hydroxyl groups excluding tert-OH is 1. The monoisotopic (exact) mass is 318 g/mol. The summed E-state index contributed by atoms with van der Waals surface area (Å²) in [5.41, 5.74) is -0.173. The van der Waals surface area contributed by atoms with Crippen molar-refractivity contribution in [3.63, 3.8) is 0 Å². The first-order valence-electron chi connectivity index (χ1n) is 5.87. The Labute approximate surface area is 121 Å². The quantitative estimate of drug-likeness (QED) is 0.911. The van der Waals surface area contributed by atoms with Gasteiger partial charge in [0.05, 0.1) is 23.2 Å². The van der Waals surface area contributed by atoms with Gasteiger partial charge in [0.15, 0.2) is 0 Å². The lowest BCUT2D eigenvalue weighted by molar-refractivity contribution is 0.213. The number of hydrogen-bond donors (Lipinski definition) is 1. The van der Waals surface area contributed by atoms with Crippen LogP contribution in [-0.2, 0) is 10.0 Å². The Balaban J connectivity index is 2.52. The molecule has 20 heavy (non-hydrogen) atoms. The third kappa shape index (κ3) is 2.52. The topological polar surface area (TPSA) is 81.4 Å². The SMILES string of the molecule is N#Cc1c(Cl)cccc1S(=O)(=O)N1C[C@@H](F)C[C@H]1CO. The van der Waals surface area contributed by atoms with Crippen LogP contribution in [0.4, 0.5) is 4.39 Å². The van der Waals surface area contributed by atoms with E-state index in [9.17, 15) is 17.9 Å². The van der Waals surface area contributed by atoms with Crippen molar-refractivity contribution in [2.45, 2.75) is 23.5 Å². The van der Waals surface area contributed by atoms with Crippen molar-refractivity contribution in [2.24, 2.45) is 0 Å². The fraction of sp³-hybridized carbons (Fsp3) is 0.417. The highest BCUT2D eigenvalue weighted by atomic mass is 35.5. The molecule has 0 spiro atoms. The summed E-state index contributed by atoms with van der Waals surface area (Å²) in [6.07, 6.45) is -1.38. The van der Waals surface area contributed by atoms with E-state index in [1.807, 2.05) is 0 Å². The largest absolute Gasteiger partial charge is 0.395 e. The van der Waals surface area contributed by atoms with Gasteiger partial charge in [0, 0.05) is 6.54 Å². The Morgan fingerprint density at radius 2 is 2.25 bits per heavy atom. The van der Waals surface area contributed by atoms with Gasteiger partial charge in [-0.3, -0.25) is 0 Å². The van der Waals surface area contributed by atoms with Crippen LogP contribution < -0.4 is 0 Å². The van der Waals surface area contributed by atoms with Gasteiger partial charge in [-0.1, -0.05) is 17.7 Å². The van der Waals surface area contributed by atoms with Crippen molar-refractivity contribution in [1.29, 1.82) is 5.26 Å². The van der Waals surface area contributed by atoms with Gasteiger partial charge in [-0.2, -0.15) is 9.57 Å². The number of rotatable bonds is 3. The minimum atomic E-state index is -4.07. The Morgan fingerprint density at radius 3 is 2.85 bits per heavy atom. The van der Waals surface area contributed by atoms with Crippen LogP contribution in [-0.4, -0.2) is 43.2 Å². The molecule has 2 atom stereocenters.